The zero-order chi connectivity index (χ0) is 15.5. The lowest BCUT2D eigenvalue weighted by atomic mass is 10.2. The molecule has 2 heterocycles. The maximum Gasteiger partial charge on any atom is 0.259 e. The Morgan fingerprint density at radius 2 is 2.18 bits per heavy atom. The molecule has 114 valence electrons. The molecule has 0 saturated heterocycles. The molecule has 0 spiro atoms. The first-order valence-electron chi connectivity index (χ1n) is 6.76. The van der Waals surface area contributed by atoms with E-state index >= 15 is 0 Å². The van der Waals surface area contributed by atoms with Gasteiger partial charge >= 0.3 is 0 Å². The molecular weight excluding hydrogens is 318 g/mol. The number of H-pyrrole nitrogens is 1. The first kappa shape index (κ1) is 15.2. The number of thiazole rings is 1. The molecule has 0 amide bonds. The Kier molecular flexibility index (Phi) is 4.56. The number of aromatic amines is 1. The number of nitrogens with one attached hydrogen (secondary N) is 1. The monoisotopic (exact) mass is 333 g/mol. The Hall–Kier alpha value is -1.70. The molecule has 1 atom stereocenters. The fourth-order valence-corrected chi connectivity index (χ4v) is 3.67. The summed E-state index contributed by atoms with van der Waals surface area (Å²) in [7, 11) is 1.67. The van der Waals surface area contributed by atoms with E-state index in [-0.39, 0.29) is 11.7 Å². The molecule has 3 aromatic rings. The summed E-state index contributed by atoms with van der Waals surface area (Å²) < 4.78 is 5.26. The summed E-state index contributed by atoms with van der Waals surface area (Å²) in [5, 5.41) is 4.18. The quantitative estimate of drug-likeness (QED) is 0.573. The summed E-state index contributed by atoms with van der Waals surface area (Å²) in [5.74, 6) is 0.661. The van der Waals surface area contributed by atoms with E-state index in [1.165, 1.54) is 11.8 Å². The highest BCUT2D eigenvalue weighted by molar-refractivity contribution is 7.98. The largest absolute Gasteiger partial charge is 0.375 e. The Morgan fingerprint density at radius 1 is 1.36 bits per heavy atom. The lowest BCUT2D eigenvalue weighted by Gasteiger charge is -2.04. The molecule has 0 aliphatic carbocycles. The number of aromatic nitrogens is 3. The summed E-state index contributed by atoms with van der Waals surface area (Å²) in [6, 6.07) is 7.33. The predicted molar refractivity (Wildman–Crippen MR) is 89.5 cm³/mol. The number of hydrogen-bond acceptors (Lipinski definition) is 6. The second kappa shape index (κ2) is 6.60. The minimum atomic E-state index is -0.111. The van der Waals surface area contributed by atoms with Crippen molar-refractivity contribution in [2.24, 2.45) is 0 Å². The number of fused-ring (bicyclic) bond motifs is 1. The van der Waals surface area contributed by atoms with E-state index in [4.69, 9.17) is 4.74 Å². The number of hydrogen-bond donors (Lipinski definition) is 1. The maximum atomic E-state index is 12.0. The van der Waals surface area contributed by atoms with Crippen LogP contribution in [-0.4, -0.2) is 22.1 Å². The van der Waals surface area contributed by atoms with Crippen LogP contribution in [0.4, 0.5) is 0 Å². The van der Waals surface area contributed by atoms with Crippen LogP contribution in [0.5, 0.6) is 0 Å². The van der Waals surface area contributed by atoms with E-state index in [1.807, 2.05) is 30.5 Å². The van der Waals surface area contributed by atoms with Crippen LogP contribution >= 0.6 is 23.1 Å². The molecule has 0 radical (unpaired) electrons. The molecule has 7 heteroatoms. The average Bonchev–Trinajstić information content (AvgIpc) is 3.01. The highest BCUT2D eigenvalue weighted by atomic mass is 32.2. The maximum absolute atomic E-state index is 12.0. The fraction of sp³-hybridized carbons (Fsp3) is 0.267. The van der Waals surface area contributed by atoms with Crippen LogP contribution in [0.1, 0.15) is 23.7 Å². The van der Waals surface area contributed by atoms with E-state index in [2.05, 4.69) is 15.0 Å². The second-order valence-corrected chi connectivity index (χ2v) is 6.59. The third-order valence-electron chi connectivity index (χ3n) is 3.22. The molecule has 0 fully saturated rings. The Bertz CT molecular complexity index is 844. The Balaban J connectivity index is 1.76. The van der Waals surface area contributed by atoms with Crippen LogP contribution in [-0.2, 0) is 10.5 Å². The molecule has 0 saturated carbocycles. The molecule has 3 rings (SSSR count). The lowest BCUT2D eigenvalue weighted by Crippen LogP contribution is -2.08. The Labute approximate surface area is 135 Å². The lowest BCUT2D eigenvalue weighted by molar-refractivity contribution is 0.119. The number of benzene rings is 1. The van der Waals surface area contributed by atoms with Gasteiger partial charge in [-0.25, -0.2) is 9.97 Å². The first-order chi connectivity index (χ1) is 10.7. The molecule has 5 nitrogen and oxygen atoms in total. The molecule has 22 heavy (non-hydrogen) atoms. The molecule has 0 aliphatic heterocycles. The van der Waals surface area contributed by atoms with E-state index < -0.39 is 0 Å². The van der Waals surface area contributed by atoms with Crippen molar-refractivity contribution in [2.45, 2.75) is 23.9 Å². The topological polar surface area (TPSA) is 67.9 Å². The van der Waals surface area contributed by atoms with Gasteiger partial charge in [-0.1, -0.05) is 23.9 Å². The van der Waals surface area contributed by atoms with Crippen LogP contribution in [0.15, 0.2) is 39.6 Å². The fourth-order valence-electron chi connectivity index (χ4n) is 1.95. The van der Waals surface area contributed by atoms with Gasteiger partial charge in [0.2, 0.25) is 0 Å². The SMILES string of the molecule is CO[C@@H](C)c1nc(CSc2nc3ccccc3c(=O)[nH]2)cs1. The number of rotatable bonds is 5. The van der Waals surface area contributed by atoms with Crippen LogP contribution in [0.25, 0.3) is 10.9 Å². The first-order valence-corrected chi connectivity index (χ1v) is 8.63. The summed E-state index contributed by atoms with van der Waals surface area (Å²) in [4.78, 5) is 23.8. The molecule has 1 aromatic carbocycles. The van der Waals surface area contributed by atoms with Gasteiger partial charge < -0.3 is 9.72 Å². The van der Waals surface area contributed by atoms with Crippen molar-refractivity contribution in [1.29, 1.82) is 0 Å². The highest BCUT2D eigenvalue weighted by Gasteiger charge is 2.10. The normalized spacial score (nSPS) is 12.6. The molecule has 0 bridgehead atoms. The van der Waals surface area contributed by atoms with Gasteiger partial charge in [0.1, 0.15) is 11.1 Å². The van der Waals surface area contributed by atoms with Gasteiger partial charge in [0, 0.05) is 18.2 Å². The van der Waals surface area contributed by atoms with Crippen molar-refractivity contribution in [1.82, 2.24) is 15.0 Å². The number of para-hydroxylation sites is 1. The number of thioether (sulfide) groups is 1. The third-order valence-corrected chi connectivity index (χ3v) is 5.18. The smallest absolute Gasteiger partial charge is 0.259 e. The van der Waals surface area contributed by atoms with Crippen molar-refractivity contribution in [2.75, 3.05) is 7.11 Å². The van der Waals surface area contributed by atoms with Crippen LogP contribution in [0, 0.1) is 0 Å². The van der Waals surface area contributed by atoms with E-state index in [1.54, 1.807) is 24.5 Å². The van der Waals surface area contributed by atoms with E-state index in [9.17, 15) is 4.79 Å². The van der Waals surface area contributed by atoms with Gasteiger partial charge in [-0.2, -0.15) is 0 Å². The van der Waals surface area contributed by atoms with Crippen molar-refractivity contribution in [3.05, 3.63) is 50.7 Å². The van der Waals surface area contributed by atoms with Crippen LogP contribution in [0.2, 0.25) is 0 Å². The van der Waals surface area contributed by atoms with Crippen LogP contribution in [0.3, 0.4) is 0 Å². The highest BCUT2D eigenvalue weighted by Crippen LogP contribution is 2.24. The number of methoxy groups -OCH3 is 1. The summed E-state index contributed by atoms with van der Waals surface area (Å²) in [6.07, 6.45) is 0.00218. The van der Waals surface area contributed by atoms with Crippen molar-refractivity contribution in [3.8, 4) is 0 Å². The molecule has 0 aliphatic rings. The third kappa shape index (κ3) is 3.21. The zero-order valence-corrected chi connectivity index (χ0v) is 13.8. The Morgan fingerprint density at radius 3 is 3.00 bits per heavy atom. The predicted octanol–water partition coefficient (Wildman–Crippen LogP) is 3.38. The molecule has 2 aromatic heterocycles. The standard InChI is InChI=1S/C15H15N3O2S2/c1-9(20-2)14-16-10(7-21-14)8-22-15-17-12-6-4-3-5-11(12)13(19)18-15/h3-7,9H,8H2,1-2H3,(H,17,18,19)/t9-/m0/s1. The van der Waals surface area contributed by atoms with E-state index in [0.29, 0.717) is 21.8 Å². The minimum absolute atomic E-state index is 0.00218. The number of nitrogens with zero attached hydrogens (tertiary/aromatic N) is 2. The van der Waals surface area contributed by atoms with Crippen LogP contribution < -0.4 is 5.56 Å². The zero-order valence-electron chi connectivity index (χ0n) is 12.2. The van der Waals surface area contributed by atoms with Gasteiger partial charge in [-0.15, -0.1) is 11.3 Å². The molecule has 0 unspecified atom stereocenters. The van der Waals surface area contributed by atoms with Gasteiger partial charge in [0.15, 0.2) is 5.16 Å². The van der Waals surface area contributed by atoms with Gasteiger partial charge in [0.25, 0.3) is 5.56 Å². The molecular formula is C15H15N3O2S2. The van der Waals surface area contributed by atoms with Crippen molar-refractivity contribution < 1.29 is 4.74 Å². The summed E-state index contributed by atoms with van der Waals surface area (Å²) in [5.41, 5.74) is 1.56. The minimum Gasteiger partial charge on any atom is -0.375 e. The van der Waals surface area contributed by atoms with Crippen molar-refractivity contribution >= 4 is 34.0 Å². The average molecular weight is 333 g/mol. The van der Waals surface area contributed by atoms with Gasteiger partial charge in [-0.3, -0.25) is 4.79 Å². The summed E-state index contributed by atoms with van der Waals surface area (Å²) in [6.45, 7) is 1.97. The van der Waals surface area contributed by atoms with Gasteiger partial charge in [-0.05, 0) is 19.1 Å². The van der Waals surface area contributed by atoms with Gasteiger partial charge in [0.05, 0.1) is 16.6 Å². The van der Waals surface area contributed by atoms with E-state index in [0.717, 1.165) is 10.7 Å². The second-order valence-electron chi connectivity index (χ2n) is 4.73. The summed E-state index contributed by atoms with van der Waals surface area (Å²) >= 11 is 3.05. The number of ether oxygens (including phenoxy) is 1. The molecule has 1 N–H and O–H groups in total. The van der Waals surface area contributed by atoms with Crippen molar-refractivity contribution in [3.63, 3.8) is 0 Å².